The molecule has 118 valence electrons. The van der Waals surface area contributed by atoms with Gasteiger partial charge in [0.2, 0.25) is 5.88 Å². The van der Waals surface area contributed by atoms with Gasteiger partial charge in [0.1, 0.15) is 22.9 Å². The van der Waals surface area contributed by atoms with Gasteiger partial charge in [0, 0.05) is 23.2 Å². The molecule has 4 rings (SSSR count). The number of benzene rings is 1. The third-order valence-corrected chi connectivity index (χ3v) is 4.18. The molecule has 0 saturated heterocycles. The number of thiazole rings is 1. The summed E-state index contributed by atoms with van der Waals surface area (Å²) in [5, 5.41) is 7.10. The summed E-state index contributed by atoms with van der Waals surface area (Å²) in [6, 6.07) is 8.99. The highest BCUT2D eigenvalue weighted by Gasteiger charge is 2.09. The average molecular weight is 356 g/mol. The van der Waals surface area contributed by atoms with Crippen molar-refractivity contribution >= 4 is 44.8 Å². The first-order valence-electron chi connectivity index (χ1n) is 6.99. The Labute approximate surface area is 146 Å². The van der Waals surface area contributed by atoms with E-state index in [0.717, 1.165) is 16.0 Å². The Kier molecular flexibility index (Phi) is 3.94. The Morgan fingerprint density at radius 3 is 2.83 bits per heavy atom. The van der Waals surface area contributed by atoms with Gasteiger partial charge in [0.15, 0.2) is 5.13 Å². The van der Waals surface area contributed by atoms with Gasteiger partial charge in [-0.1, -0.05) is 11.6 Å². The van der Waals surface area contributed by atoms with Crippen molar-refractivity contribution in [2.75, 3.05) is 5.32 Å². The van der Waals surface area contributed by atoms with E-state index in [-0.39, 0.29) is 0 Å². The van der Waals surface area contributed by atoms with E-state index in [1.807, 2.05) is 23.6 Å². The van der Waals surface area contributed by atoms with Gasteiger partial charge in [0.05, 0.1) is 5.52 Å². The van der Waals surface area contributed by atoms with Crippen LogP contribution in [-0.4, -0.2) is 19.9 Å². The molecule has 8 heteroatoms. The van der Waals surface area contributed by atoms with Crippen molar-refractivity contribution in [3.05, 3.63) is 59.5 Å². The van der Waals surface area contributed by atoms with E-state index in [9.17, 15) is 0 Å². The van der Waals surface area contributed by atoms with Crippen molar-refractivity contribution in [2.45, 2.75) is 0 Å². The second kappa shape index (κ2) is 6.38. The van der Waals surface area contributed by atoms with E-state index < -0.39 is 0 Å². The third-order valence-electron chi connectivity index (χ3n) is 3.20. The van der Waals surface area contributed by atoms with Crippen molar-refractivity contribution < 1.29 is 4.74 Å². The molecule has 0 aliphatic carbocycles. The van der Waals surface area contributed by atoms with Crippen molar-refractivity contribution in [1.82, 2.24) is 19.9 Å². The summed E-state index contributed by atoms with van der Waals surface area (Å²) in [5.41, 5.74) is 0.795. The number of aromatic nitrogens is 4. The standard InChI is InChI=1S/C16H10ClN5OS/c17-12-2-1-5-18-15(12)23-10-3-4-13-11(8-10)14(21-9-20-13)22-16-19-6-7-24-16/h1-9H,(H,19,20,21,22). The van der Waals surface area contributed by atoms with Crippen LogP contribution in [0, 0.1) is 0 Å². The number of hydrogen-bond donors (Lipinski definition) is 1. The Balaban J connectivity index is 1.72. The Morgan fingerprint density at radius 1 is 1.04 bits per heavy atom. The minimum absolute atomic E-state index is 0.352. The first-order valence-corrected chi connectivity index (χ1v) is 8.25. The molecule has 0 unspecified atom stereocenters. The summed E-state index contributed by atoms with van der Waals surface area (Å²) < 4.78 is 5.77. The quantitative estimate of drug-likeness (QED) is 0.573. The second-order valence-electron chi connectivity index (χ2n) is 4.76. The minimum Gasteiger partial charge on any atom is -0.438 e. The maximum atomic E-state index is 6.09. The van der Waals surface area contributed by atoms with Gasteiger partial charge in [-0.25, -0.2) is 19.9 Å². The summed E-state index contributed by atoms with van der Waals surface area (Å²) in [5.74, 6) is 1.61. The molecule has 3 aromatic heterocycles. The molecular weight excluding hydrogens is 346 g/mol. The predicted octanol–water partition coefficient (Wildman–Crippen LogP) is 4.67. The summed E-state index contributed by atoms with van der Waals surface area (Å²) >= 11 is 7.58. The molecule has 0 fully saturated rings. The van der Waals surface area contributed by atoms with Crippen LogP contribution in [0.2, 0.25) is 5.02 Å². The Hall–Kier alpha value is -2.77. The van der Waals surface area contributed by atoms with Crippen LogP contribution in [0.25, 0.3) is 10.9 Å². The topological polar surface area (TPSA) is 72.8 Å². The van der Waals surface area contributed by atoms with Crippen LogP contribution in [0.15, 0.2) is 54.4 Å². The molecule has 0 radical (unpaired) electrons. The maximum absolute atomic E-state index is 6.09. The maximum Gasteiger partial charge on any atom is 0.238 e. The lowest BCUT2D eigenvalue weighted by atomic mass is 10.2. The van der Waals surface area contributed by atoms with Crippen molar-refractivity contribution in [2.24, 2.45) is 0 Å². The summed E-state index contributed by atoms with van der Waals surface area (Å²) in [7, 11) is 0. The number of rotatable bonds is 4. The fourth-order valence-electron chi connectivity index (χ4n) is 2.14. The first kappa shape index (κ1) is 14.8. The van der Waals surface area contributed by atoms with Gasteiger partial charge in [-0.05, 0) is 30.3 Å². The molecule has 0 bridgehead atoms. The third kappa shape index (κ3) is 2.99. The summed E-state index contributed by atoms with van der Waals surface area (Å²) in [6.07, 6.45) is 4.86. The molecule has 0 amide bonds. The molecule has 4 aromatic rings. The minimum atomic E-state index is 0.352. The normalized spacial score (nSPS) is 10.7. The number of hydrogen-bond acceptors (Lipinski definition) is 7. The predicted molar refractivity (Wildman–Crippen MR) is 94.3 cm³/mol. The highest BCUT2D eigenvalue weighted by Crippen LogP contribution is 2.31. The highest BCUT2D eigenvalue weighted by molar-refractivity contribution is 7.13. The zero-order valence-electron chi connectivity index (χ0n) is 12.2. The van der Waals surface area contributed by atoms with Crippen molar-refractivity contribution in [3.63, 3.8) is 0 Å². The van der Waals surface area contributed by atoms with Gasteiger partial charge < -0.3 is 10.1 Å². The van der Waals surface area contributed by atoms with E-state index in [0.29, 0.717) is 22.5 Å². The molecule has 0 aliphatic heterocycles. The SMILES string of the molecule is Clc1cccnc1Oc1ccc2ncnc(Nc3nccs3)c2c1. The summed E-state index contributed by atoms with van der Waals surface area (Å²) in [6.45, 7) is 0. The lowest BCUT2D eigenvalue weighted by molar-refractivity contribution is 0.464. The Morgan fingerprint density at radius 2 is 2.00 bits per heavy atom. The largest absolute Gasteiger partial charge is 0.438 e. The van der Waals surface area contributed by atoms with Crippen molar-refractivity contribution in [3.8, 4) is 11.6 Å². The van der Waals surface area contributed by atoms with E-state index in [1.54, 1.807) is 24.5 Å². The number of fused-ring (bicyclic) bond motifs is 1. The molecule has 1 N–H and O–H groups in total. The Bertz CT molecular complexity index is 993. The molecule has 6 nitrogen and oxygen atoms in total. The van der Waals surface area contributed by atoms with Gasteiger partial charge in [-0.15, -0.1) is 11.3 Å². The number of ether oxygens (including phenoxy) is 1. The van der Waals surface area contributed by atoms with E-state index in [2.05, 4.69) is 25.3 Å². The van der Waals surface area contributed by atoms with Gasteiger partial charge in [0.25, 0.3) is 0 Å². The monoisotopic (exact) mass is 355 g/mol. The summed E-state index contributed by atoms with van der Waals surface area (Å²) in [4.78, 5) is 16.9. The average Bonchev–Trinajstić information content (AvgIpc) is 3.11. The molecule has 3 heterocycles. The number of pyridine rings is 1. The zero-order valence-corrected chi connectivity index (χ0v) is 13.8. The lowest BCUT2D eigenvalue weighted by Gasteiger charge is -2.09. The van der Waals surface area contributed by atoms with Crippen LogP contribution in [0.3, 0.4) is 0 Å². The molecule has 0 spiro atoms. The fourth-order valence-corrected chi connectivity index (χ4v) is 2.83. The smallest absolute Gasteiger partial charge is 0.238 e. The van der Waals surface area contributed by atoms with E-state index >= 15 is 0 Å². The first-order chi connectivity index (χ1) is 11.8. The van der Waals surface area contributed by atoms with Crippen LogP contribution >= 0.6 is 22.9 Å². The van der Waals surface area contributed by atoms with Crippen LogP contribution < -0.4 is 10.1 Å². The lowest BCUT2D eigenvalue weighted by Crippen LogP contribution is -1.96. The molecule has 0 saturated carbocycles. The van der Waals surface area contributed by atoms with Gasteiger partial charge in [-0.3, -0.25) is 0 Å². The van der Waals surface area contributed by atoms with E-state index in [4.69, 9.17) is 16.3 Å². The van der Waals surface area contributed by atoms with Gasteiger partial charge >= 0.3 is 0 Å². The number of nitrogens with zero attached hydrogens (tertiary/aromatic N) is 4. The molecule has 0 atom stereocenters. The van der Waals surface area contributed by atoms with Crippen LogP contribution in [0.1, 0.15) is 0 Å². The van der Waals surface area contributed by atoms with Crippen LogP contribution in [0.5, 0.6) is 11.6 Å². The number of nitrogens with one attached hydrogen (secondary N) is 1. The van der Waals surface area contributed by atoms with Crippen LogP contribution in [0.4, 0.5) is 10.9 Å². The molecular formula is C16H10ClN5OS. The van der Waals surface area contributed by atoms with Gasteiger partial charge in [-0.2, -0.15) is 0 Å². The molecule has 0 aliphatic rings. The van der Waals surface area contributed by atoms with E-state index in [1.165, 1.54) is 17.7 Å². The molecule has 24 heavy (non-hydrogen) atoms. The van der Waals surface area contributed by atoms with Crippen molar-refractivity contribution in [1.29, 1.82) is 0 Å². The second-order valence-corrected chi connectivity index (χ2v) is 6.06. The van der Waals surface area contributed by atoms with Crippen LogP contribution in [-0.2, 0) is 0 Å². The fraction of sp³-hybridized carbons (Fsp3) is 0. The number of halogens is 1. The molecule has 1 aromatic carbocycles. The number of anilines is 2. The highest BCUT2D eigenvalue weighted by atomic mass is 35.5. The zero-order chi connectivity index (χ0) is 16.4.